The Balaban J connectivity index is 1.39. The van der Waals surface area contributed by atoms with Gasteiger partial charge in [-0.2, -0.15) is 0 Å². The van der Waals surface area contributed by atoms with Gasteiger partial charge in [0.05, 0.1) is 13.4 Å². The van der Waals surface area contributed by atoms with Gasteiger partial charge in [-0.3, -0.25) is 9.59 Å². The molecule has 37 heavy (non-hydrogen) atoms. The Labute approximate surface area is 213 Å². The quantitative estimate of drug-likeness (QED) is 0.253. The molecule has 3 heterocycles. The summed E-state index contributed by atoms with van der Waals surface area (Å²) in [5.74, 6) is 0.0249. The zero-order valence-corrected chi connectivity index (χ0v) is 20.7. The summed E-state index contributed by atoms with van der Waals surface area (Å²) in [7, 11) is 1.64. The highest BCUT2D eigenvalue weighted by atomic mass is 16.5. The highest BCUT2D eigenvalue weighted by molar-refractivity contribution is 6.06. The molecule has 0 aliphatic rings. The molecule has 188 valence electrons. The predicted octanol–water partition coefficient (Wildman–Crippen LogP) is 4.87. The maximum absolute atomic E-state index is 13.3. The van der Waals surface area contributed by atoms with E-state index in [1.807, 2.05) is 54.9 Å². The van der Waals surface area contributed by atoms with Gasteiger partial charge >= 0.3 is 0 Å². The number of aromatic amines is 1. The normalized spacial score (nSPS) is 11.7. The number of aryl methyl sites for hydroxylation is 1. The lowest BCUT2D eigenvalue weighted by Gasteiger charge is -2.10. The molecule has 0 saturated carbocycles. The lowest BCUT2D eigenvalue weighted by Crippen LogP contribution is -2.35. The van der Waals surface area contributed by atoms with Crippen LogP contribution in [0.3, 0.4) is 0 Å². The van der Waals surface area contributed by atoms with Crippen LogP contribution >= 0.6 is 0 Å². The van der Waals surface area contributed by atoms with E-state index in [2.05, 4.69) is 27.1 Å². The zero-order valence-electron chi connectivity index (χ0n) is 20.7. The molecule has 0 bridgehead atoms. The van der Waals surface area contributed by atoms with Crippen LogP contribution in [0.5, 0.6) is 5.75 Å². The van der Waals surface area contributed by atoms with E-state index in [4.69, 9.17) is 9.15 Å². The lowest BCUT2D eigenvalue weighted by atomic mass is 10.1. The van der Waals surface area contributed by atoms with Crippen molar-refractivity contribution in [1.82, 2.24) is 20.2 Å². The molecule has 3 aromatic heterocycles. The number of ether oxygens (including phenoxy) is 1. The maximum Gasteiger partial charge on any atom is 0.291 e. The van der Waals surface area contributed by atoms with Gasteiger partial charge in [-0.05, 0) is 61.4 Å². The minimum atomic E-state index is -0.491. The number of benzene rings is 2. The summed E-state index contributed by atoms with van der Waals surface area (Å²) < 4.78 is 12.7. The monoisotopic (exact) mass is 496 g/mol. The van der Waals surface area contributed by atoms with Crippen LogP contribution in [0.4, 0.5) is 0 Å². The smallest absolute Gasteiger partial charge is 0.291 e. The molecule has 0 atom stereocenters. The van der Waals surface area contributed by atoms with Gasteiger partial charge in [0.1, 0.15) is 11.4 Å². The molecule has 0 aliphatic carbocycles. The average molecular weight is 497 g/mol. The van der Waals surface area contributed by atoms with E-state index in [0.29, 0.717) is 13.0 Å². The van der Waals surface area contributed by atoms with Gasteiger partial charge in [-0.1, -0.05) is 18.2 Å². The number of H-pyrrole nitrogens is 1. The first-order chi connectivity index (χ1) is 18.1. The van der Waals surface area contributed by atoms with Crippen molar-refractivity contribution in [2.24, 2.45) is 0 Å². The number of hydrogen-bond donors (Lipinski definition) is 3. The predicted molar refractivity (Wildman–Crippen MR) is 143 cm³/mol. The summed E-state index contributed by atoms with van der Waals surface area (Å²) in [5.41, 5.74) is 4.10. The fourth-order valence-electron chi connectivity index (χ4n) is 4.45. The number of amides is 2. The first-order valence-electron chi connectivity index (χ1n) is 12.1. The fourth-order valence-corrected chi connectivity index (χ4v) is 4.45. The highest BCUT2D eigenvalue weighted by Gasteiger charge is 2.18. The van der Waals surface area contributed by atoms with Gasteiger partial charge in [0.15, 0.2) is 5.76 Å². The van der Waals surface area contributed by atoms with Crippen molar-refractivity contribution in [3.63, 3.8) is 0 Å². The fraction of sp³-hybridized carbons (Fsp3) is 0.172. The molecule has 0 spiro atoms. The third kappa shape index (κ3) is 4.99. The molecule has 2 aromatic carbocycles. The maximum atomic E-state index is 13.3. The molecule has 0 fully saturated rings. The van der Waals surface area contributed by atoms with E-state index < -0.39 is 5.91 Å². The molecule has 8 heteroatoms. The highest BCUT2D eigenvalue weighted by Crippen LogP contribution is 2.25. The van der Waals surface area contributed by atoms with Gasteiger partial charge in [0, 0.05) is 52.9 Å². The Bertz CT molecular complexity index is 1590. The Morgan fingerprint density at radius 3 is 2.76 bits per heavy atom. The van der Waals surface area contributed by atoms with Crippen LogP contribution in [0.1, 0.15) is 28.6 Å². The Hall–Kier alpha value is -4.72. The van der Waals surface area contributed by atoms with E-state index in [1.165, 1.54) is 6.26 Å². The third-order valence-corrected chi connectivity index (χ3v) is 6.35. The van der Waals surface area contributed by atoms with Crippen LogP contribution < -0.4 is 15.4 Å². The summed E-state index contributed by atoms with van der Waals surface area (Å²) in [6.07, 6.45) is 7.65. The SMILES string of the molecule is CCn1cc(C=C(NC(=O)c2ccco2)C(=O)NCCc2c[nH]c3ccc(OC)cc23)c2ccccc21. The Morgan fingerprint density at radius 2 is 1.97 bits per heavy atom. The number of aromatic nitrogens is 2. The molecule has 3 N–H and O–H groups in total. The minimum Gasteiger partial charge on any atom is -0.497 e. The number of para-hydroxylation sites is 1. The standard InChI is InChI=1S/C29H28N4O4/c1-3-33-18-20(22-7-4-5-8-26(22)33)15-25(32-29(35)27-9-6-14-37-27)28(34)30-13-12-19-17-31-24-11-10-21(36-2)16-23(19)24/h4-11,14-18,31H,3,12-13H2,1-2H3,(H,30,34)(H,32,35). The van der Waals surface area contributed by atoms with E-state index in [9.17, 15) is 9.59 Å². The van der Waals surface area contributed by atoms with Crippen molar-refractivity contribution in [2.45, 2.75) is 19.9 Å². The van der Waals surface area contributed by atoms with Crippen LogP contribution in [-0.4, -0.2) is 35.0 Å². The average Bonchev–Trinajstić information content (AvgIpc) is 3.67. The zero-order chi connectivity index (χ0) is 25.8. The number of carbonyl (C=O) groups excluding carboxylic acids is 2. The number of hydrogen-bond acceptors (Lipinski definition) is 4. The van der Waals surface area contributed by atoms with Crippen molar-refractivity contribution in [3.05, 3.63) is 95.8 Å². The summed E-state index contributed by atoms with van der Waals surface area (Å²) in [6, 6.07) is 17.0. The first-order valence-corrected chi connectivity index (χ1v) is 12.1. The largest absolute Gasteiger partial charge is 0.497 e. The van der Waals surface area contributed by atoms with Crippen LogP contribution in [0, 0.1) is 0 Å². The molecule has 5 rings (SSSR count). The van der Waals surface area contributed by atoms with Gasteiger partial charge in [0.25, 0.3) is 11.8 Å². The van der Waals surface area contributed by atoms with Crippen LogP contribution in [-0.2, 0) is 17.8 Å². The molecule has 0 radical (unpaired) electrons. The number of methoxy groups -OCH3 is 1. The molecule has 8 nitrogen and oxygen atoms in total. The van der Waals surface area contributed by atoms with Gasteiger partial charge in [-0.15, -0.1) is 0 Å². The second-order valence-electron chi connectivity index (χ2n) is 8.61. The lowest BCUT2D eigenvalue weighted by molar-refractivity contribution is -0.117. The van der Waals surface area contributed by atoms with Crippen LogP contribution in [0.15, 0.2) is 83.4 Å². The summed E-state index contributed by atoms with van der Waals surface area (Å²) in [5, 5.41) is 7.72. The van der Waals surface area contributed by atoms with E-state index in [-0.39, 0.29) is 17.4 Å². The molecule has 0 unspecified atom stereocenters. The molecular weight excluding hydrogens is 468 g/mol. The second-order valence-corrected chi connectivity index (χ2v) is 8.61. The van der Waals surface area contributed by atoms with Crippen LogP contribution in [0.2, 0.25) is 0 Å². The molecule has 0 saturated heterocycles. The first kappa shape index (κ1) is 24.0. The molecule has 5 aromatic rings. The Kier molecular flexibility index (Phi) is 6.81. The van der Waals surface area contributed by atoms with Crippen molar-refractivity contribution >= 4 is 39.7 Å². The molecule has 2 amide bonds. The summed E-state index contributed by atoms with van der Waals surface area (Å²) in [4.78, 5) is 29.3. The summed E-state index contributed by atoms with van der Waals surface area (Å²) in [6.45, 7) is 3.23. The number of fused-ring (bicyclic) bond motifs is 2. The number of rotatable bonds is 9. The van der Waals surface area contributed by atoms with Gasteiger partial charge in [0.2, 0.25) is 0 Å². The topological polar surface area (TPSA) is 101 Å². The van der Waals surface area contributed by atoms with Crippen molar-refractivity contribution < 1.29 is 18.7 Å². The van der Waals surface area contributed by atoms with Crippen molar-refractivity contribution in [3.8, 4) is 5.75 Å². The number of carbonyl (C=O) groups is 2. The molecule has 0 aliphatic heterocycles. The molecular formula is C29H28N4O4. The number of furan rings is 1. The van der Waals surface area contributed by atoms with Crippen molar-refractivity contribution in [1.29, 1.82) is 0 Å². The van der Waals surface area contributed by atoms with Gasteiger partial charge in [-0.25, -0.2) is 0 Å². The summed E-state index contributed by atoms with van der Waals surface area (Å²) >= 11 is 0. The van der Waals surface area contributed by atoms with E-state index >= 15 is 0 Å². The van der Waals surface area contributed by atoms with Crippen molar-refractivity contribution in [2.75, 3.05) is 13.7 Å². The second kappa shape index (κ2) is 10.5. The van der Waals surface area contributed by atoms with E-state index in [0.717, 1.165) is 45.2 Å². The third-order valence-electron chi connectivity index (χ3n) is 6.35. The number of nitrogens with one attached hydrogen (secondary N) is 3. The van der Waals surface area contributed by atoms with Crippen LogP contribution in [0.25, 0.3) is 27.9 Å². The Morgan fingerprint density at radius 1 is 1.11 bits per heavy atom. The minimum absolute atomic E-state index is 0.127. The van der Waals surface area contributed by atoms with E-state index in [1.54, 1.807) is 25.3 Å². The number of nitrogens with zero attached hydrogens (tertiary/aromatic N) is 1. The van der Waals surface area contributed by atoms with Gasteiger partial charge < -0.3 is 29.3 Å².